The van der Waals surface area contributed by atoms with Crippen LogP contribution in [0.3, 0.4) is 0 Å². The van der Waals surface area contributed by atoms with E-state index < -0.39 is 12.0 Å². The number of carboxylic acids is 1. The van der Waals surface area contributed by atoms with E-state index in [1.54, 1.807) is 18.3 Å². The summed E-state index contributed by atoms with van der Waals surface area (Å²) in [6.45, 7) is 1.41. The number of nitrogens with zero attached hydrogens (tertiary/aromatic N) is 1. The van der Waals surface area contributed by atoms with E-state index in [2.05, 4.69) is 10.3 Å². The number of rotatable bonds is 6. The van der Waals surface area contributed by atoms with Gasteiger partial charge in [-0.15, -0.1) is 0 Å². The zero-order valence-corrected chi connectivity index (χ0v) is 12.6. The number of carbonyl (C=O) groups is 2. The van der Waals surface area contributed by atoms with Crippen LogP contribution < -0.4 is 5.32 Å². The van der Waals surface area contributed by atoms with Crippen LogP contribution in [0.2, 0.25) is 5.02 Å². The molecule has 7 heteroatoms. The molecule has 0 aliphatic carbocycles. The van der Waals surface area contributed by atoms with Crippen LogP contribution in [-0.2, 0) is 16.0 Å². The Hall–Kier alpha value is -2.34. The molecule has 2 N–H and O–H groups in total. The summed E-state index contributed by atoms with van der Waals surface area (Å²) in [5.41, 5.74) is 0.840. The highest BCUT2D eigenvalue weighted by Gasteiger charge is 2.15. The average molecular weight is 323 g/mol. The summed E-state index contributed by atoms with van der Waals surface area (Å²) in [5.74, 6) is -0.426. The number of aryl methyl sites for hydroxylation is 1. The molecule has 0 spiro atoms. The van der Waals surface area contributed by atoms with Gasteiger partial charge in [0.05, 0.1) is 6.20 Å². The number of oxazole rings is 1. The summed E-state index contributed by atoms with van der Waals surface area (Å²) in [4.78, 5) is 26.3. The van der Waals surface area contributed by atoms with Gasteiger partial charge in [0, 0.05) is 23.4 Å². The topological polar surface area (TPSA) is 92.4 Å². The second-order valence-corrected chi connectivity index (χ2v) is 5.19. The molecule has 1 heterocycles. The van der Waals surface area contributed by atoms with Crippen molar-refractivity contribution < 1.29 is 19.1 Å². The molecule has 2 rings (SSSR count). The lowest BCUT2D eigenvalue weighted by atomic mass is 10.2. The number of halogens is 1. The maximum absolute atomic E-state index is 11.6. The normalized spacial score (nSPS) is 11.9. The first-order valence-electron chi connectivity index (χ1n) is 6.68. The average Bonchev–Trinajstić information content (AvgIpc) is 2.94. The van der Waals surface area contributed by atoms with Gasteiger partial charge in [-0.25, -0.2) is 4.98 Å². The number of hydrogen-bond donors (Lipinski definition) is 2. The second-order valence-electron chi connectivity index (χ2n) is 4.75. The van der Waals surface area contributed by atoms with E-state index in [-0.39, 0.29) is 12.3 Å². The highest BCUT2D eigenvalue weighted by molar-refractivity contribution is 6.30. The van der Waals surface area contributed by atoms with Gasteiger partial charge in [-0.1, -0.05) is 11.6 Å². The van der Waals surface area contributed by atoms with Crippen molar-refractivity contribution in [2.24, 2.45) is 0 Å². The minimum Gasteiger partial charge on any atom is -0.480 e. The standard InChI is InChI=1S/C15H15ClN2O4/c1-9(15(20)21)18-13(19)6-7-14-17-8-12(22-14)10-2-4-11(16)5-3-10/h2-5,8-9H,6-7H2,1H3,(H,18,19)(H,20,21)/t9-/m0/s1. The Balaban J connectivity index is 1.91. The molecule has 0 bridgehead atoms. The van der Waals surface area contributed by atoms with E-state index in [9.17, 15) is 9.59 Å². The predicted octanol–water partition coefficient (Wildman–Crippen LogP) is 2.52. The molecule has 0 fully saturated rings. The zero-order valence-electron chi connectivity index (χ0n) is 11.9. The van der Waals surface area contributed by atoms with Crippen molar-refractivity contribution in [1.82, 2.24) is 10.3 Å². The lowest BCUT2D eigenvalue weighted by Crippen LogP contribution is -2.38. The third-order valence-corrected chi connectivity index (χ3v) is 3.25. The molecule has 22 heavy (non-hydrogen) atoms. The van der Waals surface area contributed by atoms with Crippen molar-refractivity contribution in [2.75, 3.05) is 0 Å². The highest BCUT2D eigenvalue weighted by atomic mass is 35.5. The van der Waals surface area contributed by atoms with E-state index in [0.717, 1.165) is 5.56 Å². The molecule has 1 aromatic carbocycles. The van der Waals surface area contributed by atoms with E-state index in [1.165, 1.54) is 6.92 Å². The SMILES string of the molecule is C[C@H](NC(=O)CCc1ncc(-c2ccc(Cl)cc2)o1)C(=O)O. The van der Waals surface area contributed by atoms with E-state index in [4.69, 9.17) is 21.1 Å². The number of amides is 1. The Bertz CT molecular complexity index is 666. The van der Waals surface area contributed by atoms with Crippen molar-refractivity contribution in [3.8, 4) is 11.3 Å². The first kappa shape index (κ1) is 16.0. The Morgan fingerprint density at radius 1 is 1.36 bits per heavy atom. The van der Waals surface area contributed by atoms with Gasteiger partial charge in [0.25, 0.3) is 0 Å². The van der Waals surface area contributed by atoms with Gasteiger partial charge in [0.2, 0.25) is 5.91 Å². The smallest absolute Gasteiger partial charge is 0.325 e. The van der Waals surface area contributed by atoms with Crippen LogP contribution in [0.5, 0.6) is 0 Å². The maximum Gasteiger partial charge on any atom is 0.325 e. The molecule has 0 saturated heterocycles. The highest BCUT2D eigenvalue weighted by Crippen LogP contribution is 2.22. The monoisotopic (exact) mass is 322 g/mol. The Morgan fingerprint density at radius 3 is 2.68 bits per heavy atom. The molecule has 2 aromatic rings. The molecule has 0 aliphatic rings. The first-order valence-corrected chi connectivity index (χ1v) is 7.06. The van der Waals surface area contributed by atoms with Crippen LogP contribution in [-0.4, -0.2) is 28.0 Å². The fraction of sp³-hybridized carbons (Fsp3) is 0.267. The van der Waals surface area contributed by atoms with Gasteiger partial charge in [0.1, 0.15) is 6.04 Å². The molecule has 1 amide bonds. The van der Waals surface area contributed by atoms with E-state index in [0.29, 0.717) is 23.1 Å². The number of carboxylic acid groups (broad SMARTS) is 1. The van der Waals surface area contributed by atoms with Gasteiger partial charge < -0.3 is 14.8 Å². The van der Waals surface area contributed by atoms with Crippen LogP contribution >= 0.6 is 11.6 Å². The van der Waals surface area contributed by atoms with Crippen LogP contribution in [0.1, 0.15) is 19.2 Å². The van der Waals surface area contributed by atoms with E-state index >= 15 is 0 Å². The van der Waals surface area contributed by atoms with Crippen molar-refractivity contribution in [3.63, 3.8) is 0 Å². The Morgan fingerprint density at radius 2 is 2.05 bits per heavy atom. The van der Waals surface area contributed by atoms with Crippen LogP contribution in [0, 0.1) is 0 Å². The van der Waals surface area contributed by atoms with Crippen molar-refractivity contribution in [3.05, 3.63) is 41.4 Å². The van der Waals surface area contributed by atoms with Crippen molar-refractivity contribution in [1.29, 1.82) is 0 Å². The van der Waals surface area contributed by atoms with Gasteiger partial charge in [0.15, 0.2) is 11.7 Å². The van der Waals surface area contributed by atoms with Gasteiger partial charge in [-0.05, 0) is 31.2 Å². The van der Waals surface area contributed by atoms with Crippen molar-refractivity contribution in [2.45, 2.75) is 25.8 Å². The third-order valence-electron chi connectivity index (χ3n) is 3.00. The second kappa shape index (κ2) is 7.09. The molecular weight excluding hydrogens is 308 g/mol. The minimum absolute atomic E-state index is 0.109. The van der Waals surface area contributed by atoms with Crippen LogP contribution in [0.25, 0.3) is 11.3 Å². The van der Waals surface area contributed by atoms with Gasteiger partial charge >= 0.3 is 5.97 Å². The Kier molecular flexibility index (Phi) is 5.16. The maximum atomic E-state index is 11.6. The largest absolute Gasteiger partial charge is 0.480 e. The number of nitrogens with one attached hydrogen (secondary N) is 1. The summed E-state index contributed by atoms with van der Waals surface area (Å²) in [6.07, 6.45) is 1.99. The summed E-state index contributed by atoms with van der Waals surface area (Å²) >= 11 is 5.82. The number of benzene rings is 1. The fourth-order valence-electron chi connectivity index (χ4n) is 1.77. The molecule has 0 saturated carbocycles. The summed E-state index contributed by atoms with van der Waals surface area (Å²) in [5, 5.41) is 11.7. The van der Waals surface area contributed by atoms with Crippen LogP contribution in [0.4, 0.5) is 0 Å². The quantitative estimate of drug-likeness (QED) is 0.852. The minimum atomic E-state index is -1.07. The summed E-state index contributed by atoms with van der Waals surface area (Å²) in [7, 11) is 0. The van der Waals surface area contributed by atoms with Crippen LogP contribution in [0.15, 0.2) is 34.9 Å². The molecule has 116 valence electrons. The fourth-order valence-corrected chi connectivity index (χ4v) is 1.90. The number of aromatic nitrogens is 1. The molecule has 1 atom stereocenters. The molecule has 1 aromatic heterocycles. The first-order chi connectivity index (χ1) is 10.5. The number of carbonyl (C=O) groups excluding carboxylic acids is 1. The molecule has 0 radical (unpaired) electrons. The molecule has 0 unspecified atom stereocenters. The zero-order chi connectivity index (χ0) is 16.1. The number of aliphatic carboxylic acids is 1. The molecule has 6 nitrogen and oxygen atoms in total. The van der Waals surface area contributed by atoms with Crippen molar-refractivity contribution >= 4 is 23.5 Å². The molecular formula is C15H15ClN2O4. The lowest BCUT2D eigenvalue weighted by Gasteiger charge is -2.07. The predicted molar refractivity (Wildman–Crippen MR) is 80.5 cm³/mol. The summed E-state index contributed by atoms with van der Waals surface area (Å²) in [6, 6.07) is 6.21. The lowest BCUT2D eigenvalue weighted by molar-refractivity contribution is -0.141. The Labute approximate surface area is 132 Å². The summed E-state index contributed by atoms with van der Waals surface area (Å²) < 4.78 is 5.56. The van der Waals surface area contributed by atoms with Gasteiger partial charge in [-0.2, -0.15) is 0 Å². The third kappa shape index (κ3) is 4.33. The van der Waals surface area contributed by atoms with E-state index in [1.807, 2.05) is 12.1 Å². The van der Waals surface area contributed by atoms with Gasteiger partial charge in [-0.3, -0.25) is 9.59 Å². The molecule has 0 aliphatic heterocycles. The number of hydrogen-bond acceptors (Lipinski definition) is 4.